The number of aryl methyl sites for hydroxylation is 1. The van der Waals surface area contributed by atoms with Crippen molar-refractivity contribution in [1.29, 1.82) is 0 Å². The van der Waals surface area contributed by atoms with Crippen molar-refractivity contribution in [3.05, 3.63) is 40.4 Å². The van der Waals surface area contributed by atoms with E-state index in [2.05, 4.69) is 15.6 Å². The van der Waals surface area contributed by atoms with Gasteiger partial charge in [0.05, 0.1) is 6.61 Å². The van der Waals surface area contributed by atoms with E-state index in [-0.39, 0.29) is 11.6 Å². The Bertz CT molecular complexity index is 768. The first-order chi connectivity index (χ1) is 11.6. The van der Waals surface area contributed by atoms with Crippen LogP contribution in [-0.2, 0) is 4.74 Å². The van der Waals surface area contributed by atoms with E-state index in [0.29, 0.717) is 23.3 Å². The van der Waals surface area contributed by atoms with Gasteiger partial charge >= 0.3 is 5.97 Å². The number of anilines is 2. The largest absolute Gasteiger partial charge is 0.461 e. The van der Waals surface area contributed by atoms with Crippen LogP contribution in [0.3, 0.4) is 0 Å². The van der Waals surface area contributed by atoms with Gasteiger partial charge in [0, 0.05) is 22.7 Å². The second-order valence-corrected chi connectivity index (χ2v) is 6.52. The van der Waals surface area contributed by atoms with Crippen LogP contribution in [0.5, 0.6) is 0 Å². The molecule has 0 atom stereocenters. The zero-order chi connectivity index (χ0) is 17.1. The van der Waals surface area contributed by atoms with Crippen LogP contribution in [0.15, 0.2) is 23.6 Å². The molecule has 1 amide bonds. The van der Waals surface area contributed by atoms with Gasteiger partial charge in [0.15, 0.2) is 10.8 Å². The molecular formula is C17H19N3O3S. The van der Waals surface area contributed by atoms with Crippen LogP contribution in [-0.4, -0.2) is 29.5 Å². The van der Waals surface area contributed by atoms with Gasteiger partial charge in [-0.1, -0.05) is 6.07 Å². The SMILES string of the molecule is CCOC(=O)c1csc(Nc2cc(C(=O)NC3CC3)ccc2C)n1. The molecule has 7 heteroatoms. The summed E-state index contributed by atoms with van der Waals surface area (Å²) in [5.74, 6) is -0.497. The van der Waals surface area contributed by atoms with Crippen molar-refractivity contribution in [3.63, 3.8) is 0 Å². The van der Waals surface area contributed by atoms with Crippen LogP contribution in [0.4, 0.5) is 10.8 Å². The zero-order valence-corrected chi connectivity index (χ0v) is 14.4. The minimum atomic E-state index is -0.434. The summed E-state index contributed by atoms with van der Waals surface area (Å²) < 4.78 is 4.93. The summed E-state index contributed by atoms with van der Waals surface area (Å²) in [6, 6.07) is 5.83. The van der Waals surface area contributed by atoms with Gasteiger partial charge in [-0.05, 0) is 44.4 Å². The number of nitrogens with one attached hydrogen (secondary N) is 2. The Morgan fingerprint density at radius 3 is 2.88 bits per heavy atom. The van der Waals surface area contributed by atoms with Crippen molar-refractivity contribution >= 4 is 34.0 Å². The number of carbonyl (C=O) groups is 2. The summed E-state index contributed by atoms with van der Waals surface area (Å²) in [7, 11) is 0. The van der Waals surface area contributed by atoms with Gasteiger partial charge in [-0.3, -0.25) is 4.79 Å². The first-order valence-corrected chi connectivity index (χ1v) is 8.76. The van der Waals surface area contributed by atoms with E-state index >= 15 is 0 Å². The highest BCUT2D eigenvalue weighted by Gasteiger charge is 2.24. The Kier molecular flexibility index (Phi) is 4.80. The summed E-state index contributed by atoms with van der Waals surface area (Å²) in [5, 5.41) is 8.38. The number of thiazole rings is 1. The van der Waals surface area contributed by atoms with Gasteiger partial charge in [0.25, 0.3) is 5.91 Å². The van der Waals surface area contributed by atoms with Crippen molar-refractivity contribution in [2.24, 2.45) is 0 Å². The third-order valence-corrected chi connectivity index (χ3v) is 4.40. The summed E-state index contributed by atoms with van der Waals surface area (Å²) in [5.41, 5.74) is 2.68. The molecule has 1 saturated carbocycles. The van der Waals surface area contributed by atoms with E-state index in [1.807, 2.05) is 19.1 Å². The highest BCUT2D eigenvalue weighted by atomic mass is 32.1. The molecule has 0 radical (unpaired) electrons. The molecule has 0 spiro atoms. The lowest BCUT2D eigenvalue weighted by Gasteiger charge is -2.10. The molecule has 2 aromatic rings. The van der Waals surface area contributed by atoms with Crippen molar-refractivity contribution in [3.8, 4) is 0 Å². The molecule has 0 saturated heterocycles. The molecule has 0 bridgehead atoms. The molecule has 0 aliphatic heterocycles. The summed E-state index contributed by atoms with van der Waals surface area (Å²) in [6.07, 6.45) is 2.11. The number of aromatic nitrogens is 1. The van der Waals surface area contributed by atoms with E-state index in [4.69, 9.17) is 4.74 Å². The van der Waals surface area contributed by atoms with Crippen LogP contribution in [0.25, 0.3) is 0 Å². The summed E-state index contributed by atoms with van der Waals surface area (Å²) >= 11 is 1.32. The fraction of sp³-hybridized carbons (Fsp3) is 0.353. The lowest BCUT2D eigenvalue weighted by molar-refractivity contribution is 0.0520. The maximum atomic E-state index is 12.2. The number of nitrogens with zero attached hydrogens (tertiary/aromatic N) is 1. The van der Waals surface area contributed by atoms with E-state index in [1.54, 1.807) is 18.4 Å². The second kappa shape index (κ2) is 7.00. The predicted octanol–water partition coefficient (Wildman–Crippen LogP) is 3.26. The smallest absolute Gasteiger partial charge is 0.357 e. The fourth-order valence-corrected chi connectivity index (χ4v) is 2.83. The second-order valence-electron chi connectivity index (χ2n) is 5.66. The zero-order valence-electron chi connectivity index (χ0n) is 13.6. The Hall–Kier alpha value is -2.41. The summed E-state index contributed by atoms with van der Waals surface area (Å²) in [4.78, 5) is 28.1. The number of esters is 1. The van der Waals surface area contributed by atoms with Crippen LogP contribution in [0.1, 0.15) is 46.2 Å². The van der Waals surface area contributed by atoms with Gasteiger partial charge < -0.3 is 15.4 Å². The van der Waals surface area contributed by atoms with Gasteiger partial charge in [-0.2, -0.15) is 0 Å². The molecule has 1 aliphatic carbocycles. The van der Waals surface area contributed by atoms with Gasteiger partial charge in [-0.25, -0.2) is 9.78 Å². The van der Waals surface area contributed by atoms with E-state index < -0.39 is 5.97 Å². The Balaban J connectivity index is 1.74. The molecule has 6 nitrogen and oxygen atoms in total. The maximum absolute atomic E-state index is 12.2. The average molecular weight is 345 g/mol. The third-order valence-electron chi connectivity index (χ3n) is 3.64. The van der Waals surface area contributed by atoms with E-state index in [1.165, 1.54) is 11.3 Å². The molecule has 3 rings (SSSR count). The lowest BCUT2D eigenvalue weighted by Crippen LogP contribution is -2.25. The van der Waals surface area contributed by atoms with Crippen molar-refractivity contribution in [2.75, 3.05) is 11.9 Å². The Labute approximate surface area is 144 Å². The predicted molar refractivity (Wildman–Crippen MR) is 93.0 cm³/mol. The molecule has 1 fully saturated rings. The number of carbonyl (C=O) groups excluding carboxylic acids is 2. The van der Waals surface area contributed by atoms with Crippen LogP contribution in [0, 0.1) is 6.92 Å². The molecular weight excluding hydrogens is 326 g/mol. The standard InChI is InChI=1S/C17H19N3O3S/c1-3-23-16(22)14-9-24-17(20-14)19-13-8-11(5-4-10(13)2)15(21)18-12-6-7-12/h4-5,8-9,12H,3,6-7H2,1-2H3,(H,18,21)(H,19,20). The van der Waals surface area contributed by atoms with E-state index in [0.717, 1.165) is 24.1 Å². The highest BCUT2D eigenvalue weighted by Crippen LogP contribution is 2.26. The first-order valence-electron chi connectivity index (χ1n) is 7.88. The minimum Gasteiger partial charge on any atom is -0.461 e. The molecule has 2 N–H and O–H groups in total. The number of benzene rings is 1. The van der Waals surface area contributed by atoms with Crippen LogP contribution in [0.2, 0.25) is 0 Å². The van der Waals surface area contributed by atoms with Crippen molar-refractivity contribution < 1.29 is 14.3 Å². The number of ether oxygens (including phenoxy) is 1. The normalized spacial score (nSPS) is 13.4. The molecule has 1 heterocycles. The summed E-state index contributed by atoms with van der Waals surface area (Å²) in [6.45, 7) is 4.02. The molecule has 1 aliphatic rings. The quantitative estimate of drug-likeness (QED) is 0.786. The minimum absolute atomic E-state index is 0.0631. The average Bonchev–Trinajstić information content (AvgIpc) is 3.24. The van der Waals surface area contributed by atoms with Crippen molar-refractivity contribution in [2.45, 2.75) is 32.7 Å². The Morgan fingerprint density at radius 1 is 1.38 bits per heavy atom. The molecule has 24 heavy (non-hydrogen) atoms. The maximum Gasteiger partial charge on any atom is 0.357 e. The molecule has 126 valence electrons. The third kappa shape index (κ3) is 3.91. The number of hydrogen-bond acceptors (Lipinski definition) is 6. The van der Waals surface area contributed by atoms with Crippen LogP contribution < -0.4 is 10.6 Å². The van der Waals surface area contributed by atoms with Crippen molar-refractivity contribution in [1.82, 2.24) is 10.3 Å². The lowest BCUT2D eigenvalue weighted by atomic mass is 10.1. The Morgan fingerprint density at radius 2 is 2.17 bits per heavy atom. The molecule has 0 unspecified atom stereocenters. The van der Waals surface area contributed by atoms with Crippen LogP contribution >= 0.6 is 11.3 Å². The monoisotopic (exact) mass is 345 g/mol. The van der Waals surface area contributed by atoms with Gasteiger partial charge in [0.2, 0.25) is 0 Å². The topological polar surface area (TPSA) is 80.3 Å². The number of rotatable bonds is 6. The number of hydrogen-bond donors (Lipinski definition) is 2. The first kappa shape index (κ1) is 16.4. The number of amides is 1. The molecule has 1 aromatic heterocycles. The molecule has 1 aromatic carbocycles. The van der Waals surface area contributed by atoms with Gasteiger partial charge in [-0.15, -0.1) is 11.3 Å². The van der Waals surface area contributed by atoms with Gasteiger partial charge in [0.1, 0.15) is 0 Å². The van der Waals surface area contributed by atoms with E-state index in [9.17, 15) is 9.59 Å². The fourth-order valence-electron chi connectivity index (χ4n) is 2.14. The highest BCUT2D eigenvalue weighted by molar-refractivity contribution is 7.14.